The number of carboxylic acids is 4. The largest absolute Gasteiger partial charge is 0.481 e. The van der Waals surface area contributed by atoms with Crippen molar-refractivity contribution in [2.75, 3.05) is 0 Å². The van der Waals surface area contributed by atoms with Gasteiger partial charge in [-0.15, -0.1) is 0 Å². The van der Waals surface area contributed by atoms with Gasteiger partial charge in [-0.1, -0.05) is 70.2 Å². The molecule has 4 atom stereocenters. The standard InChI is InChI=1S/3C23H24N4O4.C22H22N4O4S/c1-4-16(11-19(28)29)27-22(30)21-18(9-6-10-24-21)26(23(27)31)13-15-12-25(3)17-8-5-7-14(2)20(15)17;1-4-16(10-20(28)29)27-22(30)17-11-24-9-8-18(17)26(23(27)31)13-15-12-25(3)19-7-5-6-14(2)21(15)19;1-4-16(10-20(28)29)27-22(30)17-8-9-24-11-19(17)26(23(27)31)13-15-12-25(3)18-7-5-6-14(2)21(15)18;1-4-14(9-19(27)28)26-21(29)15-10-23-6-5-17(15)25(22(26)30)11-16-20-13(3)7-12(2)8-18(20)31-24-16/h5-10,12,16H,4,11,13H2,1-3H3,(H,28,29);2*5-9,11-12,16H,4,10,13H2,1-3H3,(H,28,29);5-8,10,14H,4,9,11H2,1-3H3,(H,27,28)/t3*16-;14-/m0111/s1. The molecule has 0 aliphatic heterocycles. The maximum absolute atomic E-state index is 13.5. The predicted molar refractivity (Wildman–Crippen MR) is 476 cm³/mol. The first-order chi connectivity index (χ1) is 59.3. The number of aryl methyl sites for hydroxylation is 8. The molecule has 0 spiro atoms. The van der Waals surface area contributed by atoms with Crippen LogP contribution in [0.25, 0.3) is 86.5 Å². The summed E-state index contributed by atoms with van der Waals surface area (Å²) in [5.74, 6) is -4.23. The van der Waals surface area contributed by atoms with Gasteiger partial charge in [0.15, 0.2) is 5.52 Å². The van der Waals surface area contributed by atoms with E-state index in [0.717, 1.165) is 111 Å². The van der Waals surface area contributed by atoms with Gasteiger partial charge in [0.25, 0.3) is 22.2 Å². The van der Waals surface area contributed by atoms with Crippen molar-refractivity contribution in [2.24, 2.45) is 21.1 Å². The summed E-state index contributed by atoms with van der Waals surface area (Å²) in [6.45, 7) is 18.1. The fourth-order valence-electron chi connectivity index (χ4n) is 17.1. The molecule has 0 saturated heterocycles. The lowest BCUT2D eigenvalue weighted by molar-refractivity contribution is -0.139. The Hall–Kier alpha value is -14.4. The van der Waals surface area contributed by atoms with Crippen LogP contribution in [-0.4, -0.2) is 119 Å². The van der Waals surface area contributed by atoms with Crippen LogP contribution in [0.4, 0.5) is 0 Å². The van der Waals surface area contributed by atoms with Crippen LogP contribution >= 0.6 is 11.5 Å². The molecule has 0 bridgehead atoms. The molecule has 0 aliphatic carbocycles. The minimum Gasteiger partial charge on any atom is -0.481 e. The third-order valence-corrected chi connectivity index (χ3v) is 23.9. The number of fused-ring (bicyclic) bond motifs is 8. The molecule has 0 fully saturated rings. The average molecular weight is 1700 g/mol. The number of rotatable bonds is 24. The molecule has 0 radical (unpaired) electrons. The molecule has 33 heteroatoms. The summed E-state index contributed by atoms with van der Waals surface area (Å²) in [6, 6.07) is 27.5. The molecule has 640 valence electrons. The summed E-state index contributed by atoms with van der Waals surface area (Å²) in [5.41, 5.74) is 10.0. The van der Waals surface area contributed by atoms with Crippen molar-refractivity contribution in [1.82, 2.24) is 74.5 Å². The van der Waals surface area contributed by atoms with Crippen molar-refractivity contribution >= 4 is 122 Å². The molecule has 32 nitrogen and oxygen atoms in total. The van der Waals surface area contributed by atoms with E-state index >= 15 is 0 Å². The van der Waals surface area contributed by atoms with E-state index in [1.165, 1.54) is 62.4 Å². The van der Waals surface area contributed by atoms with Crippen molar-refractivity contribution < 1.29 is 39.6 Å². The van der Waals surface area contributed by atoms with Gasteiger partial charge in [-0.25, -0.2) is 24.2 Å². The smallest absolute Gasteiger partial charge is 0.332 e. The summed E-state index contributed by atoms with van der Waals surface area (Å²) in [4.78, 5) is 168. The molecule has 0 amide bonds. The molecular weight excluding hydrogens is 1610 g/mol. The Morgan fingerprint density at radius 3 is 1.13 bits per heavy atom. The van der Waals surface area contributed by atoms with E-state index in [1.54, 1.807) is 68.8 Å². The van der Waals surface area contributed by atoms with E-state index in [-0.39, 0.29) is 62.8 Å². The summed E-state index contributed by atoms with van der Waals surface area (Å²) in [6.07, 6.45) is 16.6. The van der Waals surface area contributed by atoms with E-state index in [1.807, 2.05) is 143 Å². The lowest BCUT2D eigenvalue weighted by atomic mass is 10.1. The number of aliphatic carboxylic acids is 4. The number of carboxylic acid groups (broad SMARTS) is 4. The number of benzene rings is 4. The van der Waals surface area contributed by atoms with Crippen LogP contribution in [0.1, 0.15) is 153 Å². The second-order valence-electron chi connectivity index (χ2n) is 31.2. The Balaban J connectivity index is 0.000000142. The van der Waals surface area contributed by atoms with Crippen LogP contribution in [0, 0.1) is 34.6 Å². The Bertz CT molecular complexity index is 6950. The van der Waals surface area contributed by atoms with Gasteiger partial charge < -0.3 is 34.1 Å². The maximum Gasteiger partial charge on any atom is 0.332 e. The Morgan fingerprint density at radius 2 is 0.726 bits per heavy atom. The fraction of sp³-hybridized carbons (Fsp3) is 0.308. The molecule has 0 saturated carbocycles. The molecule has 16 rings (SSSR count). The van der Waals surface area contributed by atoms with Crippen molar-refractivity contribution in [3.05, 3.63) is 293 Å². The summed E-state index contributed by atoms with van der Waals surface area (Å²) < 4.78 is 22.0. The molecule has 124 heavy (non-hydrogen) atoms. The molecule has 4 N–H and O–H groups in total. The number of aromatic nitrogens is 16. The topological polar surface area (TPSA) is 404 Å². The Kier molecular flexibility index (Phi) is 25.8. The van der Waals surface area contributed by atoms with E-state index in [2.05, 4.69) is 36.4 Å². The lowest BCUT2D eigenvalue weighted by Gasteiger charge is -2.19. The molecule has 4 aromatic carbocycles. The van der Waals surface area contributed by atoms with Crippen molar-refractivity contribution in [3.63, 3.8) is 0 Å². The summed E-state index contributed by atoms with van der Waals surface area (Å²) >= 11 is 1.38. The first-order valence-electron chi connectivity index (χ1n) is 40.5. The zero-order chi connectivity index (χ0) is 89.1. The highest BCUT2D eigenvalue weighted by molar-refractivity contribution is 7.13. The third-order valence-electron chi connectivity index (χ3n) is 23.0. The highest BCUT2D eigenvalue weighted by Crippen LogP contribution is 2.32. The van der Waals surface area contributed by atoms with Gasteiger partial charge in [0, 0.05) is 115 Å². The van der Waals surface area contributed by atoms with Crippen LogP contribution in [-0.2, 0) is 66.5 Å². The molecular formula is C91H94N16O16S. The van der Waals surface area contributed by atoms with Crippen molar-refractivity contribution in [2.45, 2.75) is 164 Å². The lowest BCUT2D eigenvalue weighted by Crippen LogP contribution is -2.43. The Morgan fingerprint density at radius 1 is 0.371 bits per heavy atom. The highest BCUT2D eigenvalue weighted by atomic mass is 32.1. The van der Waals surface area contributed by atoms with E-state index < -0.39 is 93.0 Å². The first kappa shape index (κ1) is 87.4. The molecule has 0 aliphatic rings. The summed E-state index contributed by atoms with van der Waals surface area (Å²) in [7, 11) is 5.86. The normalized spacial score (nSPS) is 12.5. The zero-order valence-corrected chi connectivity index (χ0v) is 71.4. The monoisotopic (exact) mass is 1700 g/mol. The minimum absolute atomic E-state index is 0.155. The van der Waals surface area contributed by atoms with Crippen LogP contribution in [0.2, 0.25) is 0 Å². The van der Waals surface area contributed by atoms with Crippen LogP contribution in [0.3, 0.4) is 0 Å². The molecule has 12 aromatic heterocycles. The Labute approximate surface area is 710 Å². The van der Waals surface area contributed by atoms with Crippen molar-refractivity contribution in [1.29, 1.82) is 0 Å². The number of pyridine rings is 4. The van der Waals surface area contributed by atoms with Gasteiger partial charge in [0.05, 0.1) is 131 Å². The average Bonchev–Trinajstić information content (AvgIpc) is 1.29. The van der Waals surface area contributed by atoms with E-state index in [9.17, 15) is 78.0 Å². The molecule has 0 unspecified atom stereocenters. The molecule has 12 heterocycles. The maximum atomic E-state index is 13.5. The fourth-order valence-corrected chi connectivity index (χ4v) is 18.1. The number of carbonyl (C=O) groups is 4. The number of hydrogen-bond acceptors (Lipinski definition) is 18. The van der Waals surface area contributed by atoms with Gasteiger partial charge in [-0.3, -0.25) is 89.8 Å². The zero-order valence-electron chi connectivity index (χ0n) is 70.6. The number of hydrogen-bond donors (Lipinski definition) is 4. The highest BCUT2D eigenvalue weighted by Gasteiger charge is 2.29. The predicted octanol–water partition coefficient (Wildman–Crippen LogP) is 11.8. The minimum atomic E-state index is -1.06. The van der Waals surface area contributed by atoms with E-state index in [0.29, 0.717) is 58.5 Å². The first-order valence-corrected chi connectivity index (χ1v) is 41.3. The summed E-state index contributed by atoms with van der Waals surface area (Å²) in [5, 5.41) is 42.2. The van der Waals surface area contributed by atoms with Gasteiger partial charge >= 0.3 is 46.6 Å². The van der Waals surface area contributed by atoms with Crippen LogP contribution < -0.4 is 45.0 Å². The van der Waals surface area contributed by atoms with Crippen LogP contribution in [0.5, 0.6) is 0 Å². The molecule has 16 aromatic rings. The van der Waals surface area contributed by atoms with Crippen LogP contribution in [0.15, 0.2) is 197 Å². The van der Waals surface area contributed by atoms with Gasteiger partial charge in [-0.2, -0.15) is 4.37 Å². The van der Waals surface area contributed by atoms with Gasteiger partial charge in [-0.05, 0) is 171 Å². The van der Waals surface area contributed by atoms with Gasteiger partial charge in [0.2, 0.25) is 0 Å². The second-order valence-corrected chi connectivity index (χ2v) is 32.0. The SMILES string of the molecule is CC[C@@H](CC(=O)O)n1c(=O)c2ncccc2n(Cc2cn(C)c3cccc(C)c23)c1=O.CC[C@H](CC(=O)O)n1c(=O)c2ccncc2n(Cc2cn(C)c3cccc(C)c23)c1=O.CC[C@H](CC(=O)O)n1c(=O)c2cnccc2n(Cc2cn(C)c3cccc(C)c23)c1=O.CC[C@H](CC(=O)O)n1c(=O)c2cnccc2n(Cc2nsc3cc(C)cc(C)c23)c1=O. The third kappa shape index (κ3) is 17.0. The van der Waals surface area contributed by atoms with Crippen molar-refractivity contribution in [3.8, 4) is 0 Å². The number of nitrogens with zero attached hydrogens (tertiary/aromatic N) is 16. The van der Waals surface area contributed by atoms with Gasteiger partial charge in [0.1, 0.15) is 0 Å². The quantitative estimate of drug-likeness (QED) is 0.0436. The second kappa shape index (κ2) is 36.5. The van der Waals surface area contributed by atoms with E-state index in [4.69, 9.17) is 0 Å².